The molecule has 1 unspecified atom stereocenters. The van der Waals surface area contributed by atoms with Crippen LogP contribution in [-0.2, 0) is 28.8 Å². The summed E-state index contributed by atoms with van der Waals surface area (Å²) in [7, 11) is -6.43. The Morgan fingerprint density at radius 1 is 1.00 bits per heavy atom. The highest BCUT2D eigenvalue weighted by Gasteiger charge is 2.46. The predicted molar refractivity (Wildman–Crippen MR) is 137 cm³/mol. The zero-order valence-electron chi connectivity index (χ0n) is 19.2. The molecule has 0 aliphatic carbocycles. The number of H-pyrrole nitrogens is 1. The molecule has 0 aliphatic rings. The third-order valence-corrected chi connectivity index (χ3v) is 8.13. The lowest BCUT2D eigenvalue weighted by Crippen LogP contribution is -2.52. The van der Waals surface area contributed by atoms with Crippen LogP contribution in [0.5, 0.6) is 0 Å². The smallest absolute Gasteiger partial charge is 0.354 e. The number of sulfonamides is 1. The highest BCUT2D eigenvalue weighted by Crippen LogP contribution is 2.41. The van der Waals surface area contributed by atoms with Crippen LogP contribution < -0.4 is 4.31 Å². The Morgan fingerprint density at radius 3 is 2.17 bits per heavy atom. The number of carbonyl (C=O) groups is 1. The van der Waals surface area contributed by atoms with Gasteiger partial charge < -0.3 is 23.8 Å². The number of anilines is 1. The molecule has 2 aromatic carbocycles. The summed E-state index contributed by atoms with van der Waals surface area (Å²) < 4.78 is 57.8. The number of esters is 1. The number of ether oxygens (including phenoxy) is 3. The van der Waals surface area contributed by atoms with E-state index in [0.29, 0.717) is 10.9 Å². The minimum Gasteiger partial charge on any atom is -0.461 e. The third kappa shape index (κ3) is 5.69. The first-order valence-corrected chi connectivity index (χ1v) is 13.9. The van der Waals surface area contributed by atoms with Crippen LogP contribution in [0.15, 0.2) is 47.4 Å². The van der Waals surface area contributed by atoms with E-state index in [1.807, 2.05) is 0 Å². The SMILES string of the molecule is CCOC(=O)c1cc2cc(N(C(OCC)(OCC)[PH2]=O)S(=O)(=O)c3cc(Cl)cc(Cl)c3)ccc2[nH]1. The summed E-state index contributed by atoms with van der Waals surface area (Å²) in [5.41, 5.74) is -1.27. The number of hydrogen-bond donors (Lipinski definition) is 1. The van der Waals surface area contributed by atoms with Crippen molar-refractivity contribution in [2.75, 3.05) is 24.1 Å². The van der Waals surface area contributed by atoms with E-state index >= 15 is 0 Å². The molecular weight excluding hydrogens is 538 g/mol. The monoisotopic (exact) mass is 562 g/mol. The van der Waals surface area contributed by atoms with Gasteiger partial charge in [-0.1, -0.05) is 23.2 Å². The van der Waals surface area contributed by atoms with Gasteiger partial charge in [-0.2, -0.15) is 0 Å². The van der Waals surface area contributed by atoms with Crippen LogP contribution in [0.2, 0.25) is 10.0 Å². The van der Waals surface area contributed by atoms with E-state index in [1.165, 1.54) is 36.4 Å². The van der Waals surface area contributed by atoms with E-state index in [-0.39, 0.29) is 46.1 Å². The number of aromatic nitrogens is 1. The van der Waals surface area contributed by atoms with Gasteiger partial charge in [0.25, 0.3) is 10.0 Å². The Bertz CT molecular complexity index is 1320. The van der Waals surface area contributed by atoms with Crippen molar-refractivity contribution in [1.82, 2.24) is 4.98 Å². The predicted octanol–water partition coefficient (Wildman–Crippen LogP) is 5.29. The van der Waals surface area contributed by atoms with Crippen LogP contribution in [0.4, 0.5) is 5.69 Å². The van der Waals surface area contributed by atoms with Crippen molar-refractivity contribution in [1.29, 1.82) is 0 Å². The molecule has 0 bridgehead atoms. The molecule has 35 heavy (non-hydrogen) atoms. The third-order valence-electron chi connectivity index (χ3n) is 4.84. The van der Waals surface area contributed by atoms with Crippen LogP contribution in [0.1, 0.15) is 31.3 Å². The minimum absolute atomic E-state index is 0.0109. The van der Waals surface area contributed by atoms with Gasteiger partial charge in [0, 0.05) is 34.2 Å². The molecule has 1 heterocycles. The highest BCUT2D eigenvalue weighted by molar-refractivity contribution is 7.93. The van der Waals surface area contributed by atoms with Crippen LogP contribution in [0.25, 0.3) is 10.9 Å². The van der Waals surface area contributed by atoms with E-state index in [9.17, 15) is 17.8 Å². The van der Waals surface area contributed by atoms with Crippen molar-refractivity contribution < 1.29 is 32.0 Å². The Hall–Kier alpha value is -2.07. The summed E-state index contributed by atoms with van der Waals surface area (Å²) in [4.78, 5) is 14.9. The lowest BCUT2D eigenvalue weighted by atomic mass is 10.2. The summed E-state index contributed by atoms with van der Waals surface area (Å²) in [6.07, 6.45) is 0. The topological polar surface area (TPSA) is 115 Å². The molecule has 9 nitrogen and oxygen atoms in total. The number of nitrogens with one attached hydrogen (secondary N) is 1. The van der Waals surface area contributed by atoms with Crippen LogP contribution >= 0.6 is 31.7 Å². The van der Waals surface area contributed by atoms with E-state index in [1.54, 1.807) is 26.8 Å². The number of hydrogen-bond acceptors (Lipinski definition) is 7. The maximum absolute atomic E-state index is 14.0. The van der Waals surface area contributed by atoms with E-state index in [4.69, 9.17) is 37.4 Å². The van der Waals surface area contributed by atoms with E-state index < -0.39 is 30.1 Å². The number of rotatable bonds is 11. The van der Waals surface area contributed by atoms with Gasteiger partial charge in [-0.25, -0.2) is 17.5 Å². The van der Waals surface area contributed by atoms with Gasteiger partial charge in [0.15, 0.2) is 0 Å². The Morgan fingerprint density at radius 2 is 1.63 bits per heavy atom. The molecular formula is C22H25Cl2N2O7PS. The minimum atomic E-state index is -4.47. The molecule has 190 valence electrons. The Kier molecular flexibility index (Phi) is 8.91. The quantitative estimate of drug-likeness (QED) is 0.192. The zero-order chi connectivity index (χ0) is 25.8. The van der Waals surface area contributed by atoms with Crippen molar-refractivity contribution >= 4 is 64.2 Å². The molecule has 1 aromatic heterocycles. The number of aromatic amines is 1. The standard InChI is InChI=1S/C22H25Cl2N2O7PS/c1-4-31-21(27)20-10-14-9-17(7-8-19(14)25-20)26(22(34-28,32-5-2)33-6-3)35(29,30)18-12-15(23)11-16(24)13-18/h7-13,25H,4-6,34H2,1-3H3. The fourth-order valence-electron chi connectivity index (χ4n) is 3.52. The zero-order valence-corrected chi connectivity index (χ0v) is 22.7. The highest BCUT2D eigenvalue weighted by atomic mass is 35.5. The van der Waals surface area contributed by atoms with Gasteiger partial charge in [0.05, 0.1) is 17.2 Å². The fourth-order valence-corrected chi connectivity index (χ4v) is 7.03. The van der Waals surface area contributed by atoms with Crippen LogP contribution in [0.3, 0.4) is 0 Å². The van der Waals surface area contributed by atoms with Gasteiger partial charge >= 0.3 is 11.6 Å². The molecule has 0 spiro atoms. The maximum Gasteiger partial charge on any atom is 0.354 e. The summed E-state index contributed by atoms with van der Waals surface area (Å²) in [5.74, 6) is -0.551. The van der Waals surface area contributed by atoms with Gasteiger partial charge in [-0.05, 0) is 63.2 Å². The van der Waals surface area contributed by atoms with Crippen molar-refractivity contribution in [3.05, 3.63) is 58.2 Å². The molecule has 13 heteroatoms. The number of nitrogens with zero attached hydrogens (tertiary/aromatic N) is 1. The largest absolute Gasteiger partial charge is 0.461 e. The number of benzene rings is 2. The molecule has 1 atom stereocenters. The normalized spacial score (nSPS) is 12.5. The molecule has 0 amide bonds. The lowest BCUT2D eigenvalue weighted by molar-refractivity contribution is -0.160. The second-order valence-corrected chi connectivity index (χ2v) is 10.8. The van der Waals surface area contributed by atoms with Crippen molar-refractivity contribution in [2.45, 2.75) is 31.3 Å². The van der Waals surface area contributed by atoms with E-state index in [0.717, 1.165) is 4.31 Å². The average molecular weight is 563 g/mol. The van der Waals surface area contributed by atoms with Crippen molar-refractivity contribution in [2.24, 2.45) is 0 Å². The molecule has 3 aromatic rings. The second-order valence-electron chi connectivity index (χ2n) is 7.16. The summed E-state index contributed by atoms with van der Waals surface area (Å²) in [6.45, 7) is 5.17. The summed E-state index contributed by atoms with van der Waals surface area (Å²) in [6, 6.07) is 9.97. The van der Waals surface area contributed by atoms with Gasteiger partial charge in [0.2, 0.25) is 0 Å². The summed E-state index contributed by atoms with van der Waals surface area (Å²) in [5, 5.41) is 0.714. The molecule has 0 saturated heterocycles. The second kappa shape index (κ2) is 11.3. The molecule has 0 radical (unpaired) electrons. The van der Waals surface area contributed by atoms with Gasteiger partial charge in [0.1, 0.15) is 14.2 Å². The molecule has 1 N–H and O–H groups in total. The van der Waals surface area contributed by atoms with Crippen molar-refractivity contribution in [3.8, 4) is 0 Å². The van der Waals surface area contributed by atoms with Crippen LogP contribution in [-0.4, -0.2) is 44.8 Å². The van der Waals surface area contributed by atoms with Gasteiger partial charge in [-0.3, -0.25) is 0 Å². The number of fused-ring (bicyclic) bond motifs is 1. The Labute approximate surface area is 214 Å². The number of carbonyl (C=O) groups excluding carboxylic acids is 1. The van der Waals surface area contributed by atoms with Crippen molar-refractivity contribution in [3.63, 3.8) is 0 Å². The van der Waals surface area contributed by atoms with Gasteiger partial charge in [-0.15, -0.1) is 0 Å². The first kappa shape index (κ1) is 27.5. The summed E-state index contributed by atoms with van der Waals surface area (Å²) >= 11 is 12.2. The fraction of sp³-hybridized carbons (Fsp3) is 0.318. The Balaban J connectivity index is 2.28. The number of halogens is 2. The first-order chi connectivity index (χ1) is 16.6. The molecule has 3 rings (SSSR count). The average Bonchev–Trinajstić information content (AvgIpc) is 3.22. The maximum atomic E-state index is 14.0. The van der Waals surface area contributed by atoms with E-state index in [2.05, 4.69) is 4.98 Å². The first-order valence-electron chi connectivity index (χ1n) is 10.7. The molecule has 0 aliphatic heterocycles. The van der Waals surface area contributed by atoms with Crippen LogP contribution in [0, 0.1) is 0 Å². The lowest BCUT2D eigenvalue weighted by Gasteiger charge is -2.39. The molecule has 0 saturated carbocycles. The molecule has 0 fully saturated rings.